The second-order valence-electron chi connectivity index (χ2n) is 3.96. The number of rotatable bonds is 1. The first-order valence-corrected chi connectivity index (χ1v) is 5.10. The van der Waals surface area contributed by atoms with Crippen LogP contribution in [0, 0.1) is 13.8 Å². The molecule has 0 fully saturated rings. The summed E-state index contributed by atoms with van der Waals surface area (Å²) in [5.41, 5.74) is 5.69. The largest absolute Gasteiger partial charge is 0.870 e. The Morgan fingerprint density at radius 2 is 1.35 bits per heavy atom. The zero-order chi connectivity index (χ0) is 10.8. The van der Waals surface area contributed by atoms with Gasteiger partial charge in [-0.05, 0) is 0 Å². The summed E-state index contributed by atoms with van der Waals surface area (Å²) in [6.07, 6.45) is 0. The Balaban J connectivity index is 0.00000128. The van der Waals surface area contributed by atoms with Gasteiger partial charge in [0, 0.05) is 0 Å². The molecule has 86 valence electrons. The van der Waals surface area contributed by atoms with Gasteiger partial charge in [-0.25, -0.2) is 0 Å². The molecule has 2 aromatic carbocycles. The third-order valence-corrected chi connectivity index (χ3v) is 2.49. The topological polar surface area (TPSA) is 60.0 Å². The van der Waals surface area contributed by atoms with Gasteiger partial charge >= 0.3 is 91.9 Å². The van der Waals surface area contributed by atoms with E-state index < -0.39 is 0 Å². The molecule has 2 aromatic rings. The van der Waals surface area contributed by atoms with Gasteiger partial charge in [-0.2, -0.15) is 0 Å². The Morgan fingerprint density at radius 3 is 1.88 bits per heavy atom. The quantitative estimate of drug-likeness (QED) is 0.701. The first kappa shape index (κ1) is 15.4. The van der Waals surface area contributed by atoms with E-state index in [2.05, 4.69) is 38.1 Å². The van der Waals surface area contributed by atoms with Crippen molar-refractivity contribution in [3.63, 3.8) is 0 Å². The number of hydrogen-bond donors (Lipinski definition) is 0. The molecule has 2 rings (SSSR count). The van der Waals surface area contributed by atoms with Crippen LogP contribution in [0.2, 0.25) is 0 Å². The summed E-state index contributed by atoms with van der Waals surface area (Å²) in [5, 5.41) is 0. The van der Waals surface area contributed by atoms with Crippen LogP contribution in [0.4, 0.5) is 0 Å². The fraction of sp³-hybridized carbons (Fsp3) is 0.143. The van der Waals surface area contributed by atoms with E-state index in [0.29, 0.717) is 0 Å². The normalized spacial score (nSPS) is 9.18. The van der Waals surface area contributed by atoms with Crippen LogP contribution in [0.25, 0.3) is 11.1 Å². The van der Waals surface area contributed by atoms with E-state index in [1.807, 2.05) is 18.2 Å². The van der Waals surface area contributed by atoms with Gasteiger partial charge in [0.1, 0.15) is 0 Å². The minimum absolute atomic E-state index is 0. The molecule has 0 aliphatic carbocycles. The predicted molar refractivity (Wildman–Crippen MR) is 70.6 cm³/mol. The van der Waals surface area contributed by atoms with Crippen LogP contribution in [0.5, 0.6) is 0 Å². The molecule has 0 heterocycles. The van der Waals surface area contributed by atoms with Crippen LogP contribution in [-0.2, 0) is 0 Å². The van der Waals surface area contributed by atoms with E-state index in [1.165, 1.54) is 16.7 Å². The maximum atomic E-state index is 5.95. The predicted octanol–water partition coefficient (Wildman–Crippen LogP) is 2.41. The molecule has 0 saturated carbocycles. The van der Waals surface area contributed by atoms with E-state index in [-0.39, 0.29) is 11.0 Å². The van der Waals surface area contributed by atoms with Crippen molar-refractivity contribution in [2.24, 2.45) is 0 Å². The number of aryl methyl sites for hydroxylation is 2. The molecule has 2 nitrogen and oxygen atoms in total. The van der Waals surface area contributed by atoms with Crippen molar-refractivity contribution in [1.29, 1.82) is 0 Å². The van der Waals surface area contributed by atoms with Gasteiger partial charge in [0.2, 0.25) is 0 Å². The zero-order valence-corrected chi connectivity index (χ0v) is 10.0. The van der Waals surface area contributed by atoms with Crippen LogP contribution in [-0.4, -0.2) is 18.8 Å². The van der Waals surface area contributed by atoms with Gasteiger partial charge in [0.15, 0.2) is 0 Å². The summed E-state index contributed by atoms with van der Waals surface area (Å²) in [4.78, 5) is 0. The Bertz CT molecular complexity index is 475. The molecule has 0 amide bonds. The molecular formula is C14H15BO2. The molecule has 0 aliphatic heterocycles. The first-order chi connectivity index (χ1) is 7.16. The third kappa shape index (κ3) is 3.44. The fourth-order valence-electron chi connectivity index (χ4n) is 1.89. The Labute approximate surface area is 103 Å². The smallest absolute Gasteiger partial charge is 0.870 e. The average Bonchev–Trinajstić information content (AvgIpc) is 2.16. The molecule has 0 bridgehead atoms. The molecule has 0 spiro atoms. The van der Waals surface area contributed by atoms with Gasteiger partial charge < -0.3 is 11.0 Å². The molecule has 0 unspecified atom stereocenters. The van der Waals surface area contributed by atoms with Gasteiger partial charge in [-0.15, -0.1) is 0 Å². The van der Waals surface area contributed by atoms with Gasteiger partial charge in [-0.3, -0.25) is 0 Å². The number of hydrogen-bond acceptors (Lipinski definition) is 2. The van der Waals surface area contributed by atoms with Crippen molar-refractivity contribution in [3.8, 4) is 11.1 Å². The van der Waals surface area contributed by atoms with Crippen LogP contribution < -0.4 is 5.46 Å². The minimum atomic E-state index is 0. The second-order valence-corrected chi connectivity index (χ2v) is 3.96. The van der Waals surface area contributed by atoms with Crippen molar-refractivity contribution in [2.45, 2.75) is 13.8 Å². The van der Waals surface area contributed by atoms with Crippen molar-refractivity contribution >= 4 is 13.3 Å². The maximum absolute atomic E-state index is 5.95. The van der Waals surface area contributed by atoms with Crippen LogP contribution in [0.1, 0.15) is 11.1 Å². The van der Waals surface area contributed by atoms with Crippen LogP contribution in [0.3, 0.4) is 0 Å². The molecule has 2 N–H and O–H groups in total. The summed E-state index contributed by atoms with van der Waals surface area (Å²) in [6.45, 7) is 4.21. The summed E-state index contributed by atoms with van der Waals surface area (Å²) in [6, 6.07) is 14.5. The van der Waals surface area contributed by atoms with E-state index in [0.717, 1.165) is 11.0 Å². The van der Waals surface area contributed by atoms with Gasteiger partial charge in [-0.1, -0.05) is 0 Å². The van der Waals surface area contributed by atoms with E-state index >= 15 is 0 Å². The zero-order valence-electron chi connectivity index (χ0n) is 10.0. The van der Waals surface area contributed by atoms with E-state index in [1.54, 1.807) is 0 Å². The van der Waals surface area contributed by atoms with Gasteiger partial charge in [0.25, 0.3) is 0 Å². The van der Waals surface area contributed by atoms with Crippen molar-refractivity contribution in [1.82, 2.24) is 0 Å². The van der Waals surface area contributed by atoms with Crippen LogP contribution >= 0.6 is 0 Å². The molecule has 0 aliphatic rings. The monoisotopic (exact) mass is 226 g/mol. The van der Waals surface area contributed by atoms with Gasteiger partial charge in [0.05, 0.1) is 0 Å². The van der Waals surface area contributed by atoms with Crippen molar-refractivity contribution in [3.05, 3.63) is 53.6 Å². The van der Waals surface area contributed by atoms with E-state index in [4.69, 9.17) is 7.85 Å². The Kier molecular flexibility index (Phi) is 5.65. The summed E-state index contributed by atoms with van der Waals surface area (Å²) >= 11 is 0. The second kappa shape index (κ2) is 6.23. The fourth-order valence-corrected chi connectivity index (χ4v) is 1.89. The van der Waals surface area contributed by atoms with Crippen molar-refractivity contribution in [2.75, 3.05) is 0 Å². The Hall–Kier alpha value is -1.58. The Morgan fingerprint density at radius 1 is 0.824 bits per heavy atom. The molecule has 0 radical (unpaired) electrons. The summed E-state index contributed by atoms with van der Waals surface area (Å²) < 4.78 is 0. The molecule has 0 atom stereocenters. The molecule has 0 saturated heterocycles. The SMILES string of the molecule is [B+2]c1ccccc1-c1cc(C)cc(C)c1.[OH-].[OH-]. The molecule has 17 heavy (non-hydrogen) atoms. The third-order valence-electron chi connectivity index (χ3n) is 2.49. The first-order valence-electron chi connectivity index (χ1n) is 5.10. The standard InChI is InChI=1S/C14H13B.2H2O/c1-10-7-11(2)9-12(8-10)13-5-3-4-6-14(13)15;;/h3-9H,1-2H3;2*1H2/q+2;;/p-2. The molecule has 0 aromatic heterocycles. The average molecular weight is 226 g/mol. The summed E-state index contributed by atoms with van der Waals surface area (Å²) in [5.74, 6) is 0. The molecule has 3 heteroatoms. The maximum Gasteiger partial charge on any atom is -0.870 e. The number of benzene rings is 2. The van der Waals surface area contributed by atoms with Crippen molar-refractivity contribution < 1.29 is 11.0 Å². The summed E-state index contributed by atoms with van der Waals surface area (Å²) in [7, 11) is 5.95. The minimum Gasteiger partial charge on any atom is -0.870 e. The van der Waals surface area contributed by atoms with E-state index in [9.17, 15) is 0 Å². The molecular weight excluding hydrogens is 211 g/mol. The van der Waals surface area contributed by atoms with Crippen LogP contribution in [0.15, 0.2) is 42.5 Å².